The van der Waals surface area contributed by atoms with Crippen LogP contribution in [0.5, 0.6) is 0 Å². The van der Waals surface area contributed by atoms with Crippen LogP contribution in [0.15, 0.2) is 0 Å². The van der Waals surface area contributed by atoms with Crippen LogP contribution in [0, 0.1) is 20.2 Å². The molecule has 0 fully saturated rings. The Labute approximate surface area is 49.9 Å². The van der Waals surface area contributed by atoms with Gasteiger partial charge in [0.1, 0.15) is 0 Å². The van der Waals surface area contributed by atoms with E-state index in [4.69, 9.17) is 0 Å². The average molecular weight is 135 g/mol. The second kappa shape index (κ2) is 2.80. The molecule has 7 heteroatoms. The first-order valence-corrected chi connectivity index (χ1v) is 2.08. The van der Waals surface area contributed by atoms with Gasteiger partial charge < -0.3 is 0 Å². The Morgan fingerprint density at radius 2 is 1.89 bits per heavy atom. The molecule has 0 heterocycles. The molecule has 52 valence electrons. The number of hydrazine groups is 1. The molecule has 0 aliphatic heterocycles. The minimum Gasteiger partial charge on any atom is -0.262 e. The molecule has 1 atom stereocenters. The lowest BCUT2D eigenvalue weighted by atomic mass is 10.6. The highest BCUT2D eigenvalue weighted by atomic mass is 16.7. The number of nitrogens with zero attached hydrogens (tertiary/aromatic N) is 2. The molecule has 0 rings (SSSR count). The van der Waals surface area contributed by atoms with Gasteiger partial charge in [0.05, 0.1) is 0 Å². The van der Waals surface area contributed by atoms with Crippen molar-refractivity contribution in [2.24, 2.45) is 0 Å². The fourth-order valence-corrected chi connectivity index (χ4v) is 0.200. The van der Waals surface area contributed by atoms with Gasteiger partial charge in [0.15, 0.2) is 5.03 Å². The first-order valence-electron chi connectivity index (χ1n) is 2.08. The molecule has 0 bridgehead atoms. The highest BCUT2D eigenvalue weighted by Crippen LogP contribution is 1.79. The molecule has 0 aliphatic carbocycles. The Balaban J connectivity index is 3.63. The van der Waals surface area contributed by atoms with E-state index in [0.717, 1.165) is 6.92 Å². The Bertz CT molecular complexity index is 134. The zero-order chi connectivity index (χ0) is 7.44. The van der Waals surface area contributed by atoms with Crippen molar-refractivity contribution in [3.8, 4) is 0 Å². The maximum Gasteiger partial charge on any atom is 0.331 e. The lowest BCUT2D eigenvalue weighted by Gasteiger charge is -1.96. The largest absolute Gasteiger partial charge is 0.331 e. The summed E-state index contributed by atoms with van der Waals surface area (Å²) in [6.45, 7) is 1.09. The summed E-state index contributed by atoms with van der Waals surface area (Å²) in [7, 11) is 0. The molecule has 0 saturated carbocycles. The smallest absolute Gasteiger partial charge is 0.262 e. The molecule has 1 N–H and O–H groups in total. The van der Waals surface area contributed by atoms with E-state index in [1.807, 2.05) is 0 Å². The van der Waals surface area contributed by atoms with Crippen LogP contribution in [0.4, 0.5) is 0 Å². The number of nitro groups is 2. The molecule has 9 heavy (non-hydrogen) atoms. The second-order valence-electron chi connectivity index (χ2n) is 1.35. The van der Waals surface area contributed by atoms with Gasteiger partial charge in [0.2, 0.25) is 0 Å². The topological polar surface area (TPSA) is 98.3 Å². The minimum atomic E-state index is -1.33. The zero-order valence-corrected chi connectivity index (χ0v) is 4.60. The van der Waals surface area contributed by atoms with Crippen molar-refractivity contribution in [3.05, 3.63) is 20.2 Å². The molecule has 0 aromatic rings. The first-order chi connectivity index (χ1) is 4.04. The van der Waals surface area contributed by atoms with Crippen molar-refractivity contribution in [1.82, 2.24) is 5.43 Å². The number of rotatable bonds is 3. The van der Waals surface area contributed by atoms with Gasteiger partial charge in [-0.25, -0.2) is 10.1 Å². The highest BCUT2D eigenvalue weighted by Gasteiger charge is 2.16. The van der Waals surface area contributed by atoms with Gasteiger partial charge in [0.25, 0.3) is 0 Å². The average Bonchev–Trinajstić information content (AvgIpc) is 1.63. The van der Waals surface area contributed by atoms with E-state index in [0.29, 0.717) is 0 Å². The maximum atomic E-state index is 9.67. The van der Waals surface area contributed by atoms with Crippen LogP contribution in [0.25, 0.3) is 0 Å². The van der Waals surface area contributed by atoms with E-state index >= 15 is 0 Å². The Kier molecular flexibility index (Phi) is 2.36. The lowest BCUT2D eigenvalue weighted by Crippen LogP contribution is -2.37. The van der Waals surface area contributed by atoms with Crippen LogP contribution in [0.3, 0.4) is 0 Å². The summed E-state index contributed by atoms with van der Waals surface area (Å²) in [5.74, 6) is 0. The van der Waals surface area contributed by atoms with Crippen LogP contribution in [-0.4, -0.2) is 16.1 Å². The fraction of sp³-hybridized carbons (Fsp3) is 1.00. The van der Waals surface area contributed by atoms with Crippen LogP contribution in [0.2, 0.25) is 0 Å². The summed E-state index contributed by atoms with van der Waals surface area (Å²) < 4.78 is 0. The number of nitrogens with one attached hydrogen (secondary N) is 1. The second-order valence-corrected chi connectivity index (χ2v) is 1.35. The third-order valence-corrected chi connectivity index (χ3v) is 0.608. The van der Waals surface area contributed by atoms with E-state index in [1.54, 1.807) is 0 Å². The van der Waals surface area contributed by atoms with Crippen molar-refractivity contribution in [2.45, 2.75) is 13.1 Å². The van der Waals surface area contributed by atoms with Crippen molar-refractivity contribution in [2.75, 3.05) is 0 Å². The monoisotopic (exact) mass is 135 g/mol. The summed E-state index contributed by atoms with van der Waals surface area (Å²) in [6, 6.07) is 0. The molecule has 0 radical (unpaired) electrons. The van der Waals surface area contributed by atoms with Crippen molar-refractivity contribution < 1.29 is 9.96 Å². The molecule has 0 saturated heterocycles. The maximum absolute atomic E-state index is 9.67. The Morgan fingerprint density at radius 3 is 2.00 bits per heavy atom. The van der Waals surface area contributed by atoms with Crippen molar-refractivity contribution in [3.63, 3.8) is 0 Å². The van der Waals surface area contributed by atoms with E-state index in [2.05, 4.69) is 0 Å². The third-order valence-electron chi connectivity index (χ3n) is 0.608. The SMILES string of the molecule is CC(N[N+](=O)[O-])[N+](=O)[O-]. The molecular weight excluding hydrogens is 130 g/mol. The predicted octanol–water partition coefficient (Wildman–Crippen LogP) is -0.610. The fourth-order valence-electron chi connectivity index (χ4n) is 0.200. The van der Waals surface area contributed by atoms with Crippen LogP contribution in [-0.2, 0) is 0 Å². The van der Waals surface area contributed by atoms with Gasteiger partial charge in [-0.3, -0.25) is 10.1 Å². The summed E-state index contributed by atoms with van der Waals surface area (Å²) in [6.07, 6.45) is -1.33. The van der Waals surface area contributed by atoms with Crippen molar-refractivity contribution >= 4 is 0 Å². The summed E-state index contributed by atoms with van der Waals surface area (Å²) >= 11 is 0. The van der Waals surface area contributed by atoms with Gasteiger partial charge in [-0.1, -0.05) is 5.43 Å². The molecule has 0 aromatic heterocycles. The number of hydrogen-bond acceptors (Lipinski definition) is 4. The highest BCUT2D eigenvalue weighted by molar-refractivity contribution is 4.30. The van der Waals surface area contributed by atoms with Gasteiger partial charge in [-0.15, -0.1) is 0 Å². The Hall–Kier alpha value is -1.40. The van der Waals surface area contributed by atoms with Crippen LogP contribution >= 0.6 is 0 Å². The predicted molar refractivity (Wildman–Crippen MR) is 26.6 cm³/mol. The molecule has 1 unspecified atom stereocenters. The van der Waals surface area contributed by atoms with E-state index < -0.39 is 16.1 Å². The van der Waals surface area contributed by atoms with Gasteiger partial charge in [-0.2, -0.15) is 0 Å². The van der Waals surface area contributed by atoms with Gasteiger partial charge >= 0.3 is 6.17 Å². The standard InChI is InChI=1S/C2H5N3O4/c1-2(4(6)7)3-5(8)9/h2-3H,1H3. The quantitative estimate of drug-likeness (QED) is 0.316. The van der Waals surface area contributed by atoms with E-state index in [9.17, 15) is 20.2 Å². The lowest BCUT2D eigenvalue weighted by molar-refractivity contribution is -0.634. The molecule has 0 spiro atoms. The first kappa shape index (κ1) is 7.60. The molecule has 0 aliphatic rings. The van der Waals surface area contributed by atoms with Gasteiger partial charge in [-0.05, 0) is 0 Å². The summed E-state index contributed by atoms with van der Waals surface area (Å²) in [4.78, 5) is 18.4. The normalized spacial score (nSPS) is 12.1. The molecule has 0 amide bonds. The number of hydrogen-bond donors (Lipinski definition) is 1. The Morgan fingerprint density at radius 1 is 1.44 bits per heavy atom. The van der Waals surface area contributed by atoms with Crippen molar-refractivity contribution in [1.29, 1.82) is 0 Å². The summed E-state index contributed by atoms with van der Waals surface area (Å²) in [5, 5.41) is 18.2. The molecule has 0 aromatic carbocycles. The minimum absolute atomic E-state index is 0.789. The molecule has 7 nitrogen and oxygen atoms in total. The third kappa shape index (κ3) is 3.21. The molecular formula is C2H5N3O4. The van der Waals surface area contributed by atoms with Crippen LogP contribution < -0.4 is 5.43 Å². The van der Waals surface area contributed by atoms with E-state index in [-0.39, 0.29) is 0 Å². The van der Waals surface area contributed by atoms with Gasteiger partial charge in [0, 0.05) is 11.8 Å². The summed E-state index contributed by atoms with van der Waals surface area (Å²) in [5.41, 5.74) is 1.47. The zero-order valence-electron chi connectivity index (χ0n) is 4.60. The van der Waals surface area contributed by atoms with E-state index in [1.165, 1.54) is 5.43 Å². The van der Waals surface area contributed by atoms with Crippen LogP contribution in [0.1, 0.15) is 6.92 Å².